The summed E-state index contributed by atoms with van der Waals surface area (Å²) in [6, 6.07) is 3.72. The van der Waals surface area contributed by atoms with Gasteiger partial charge < -0.3 is 10.0 Å². The number of hydrogen-bond donors (Lipinski definition) is 2. The maximum Gasteiger partial charge on any atom is 0.230 e. The molecule has 3 aliphatic rings. The molecule has 8 heteroatoms. The van der Waals surface area contributed by atoms with Crippen molar-refractivity contribution in [1.82, 2.24) is 25.3 Å². The van der Waals surface area contributed by atoms with E-state index >= 15 is 0 Å². The minimum Gasteiger partial charge on any atom is -0.383 e. The molecule has 7 nitrogen and oxygen atoms in total. The fraction of sp³-hybridized carbons (Fsp3) is 0.500. The van der Waals surface area contributed by atoms with Crippen LogP contribution in [-0.4, -0.2) is 54.6 Å². The lowest BCUT2D eigenvalue weighted by atomic mass is 9.90. The van der Waals surface area contributed by atoms with Crippen molar-refractivity contribution in [2.45, 2.75) is 37.3 Å². The van der Waals surface area contributed by atoms with Crippen molar-refractivity contribution in [3.05, 3.63) is 48.1 Å². The molecule has 28 heavy (non-hydrogen) atoms. The van der Waals surface area contributed by atoms with E-state index < -0.39 is 5.60 Å². The van der Waals surface area contributed by atoms with Crippen LogP contribution in [0.5, 0.6) is 0 Å². The Labute approximate surface area is 167 Å². The summed E-state index contributed by atoms with van der Waals surface area (Å²) in [6.07, 6.45) is 10.6. The SMILES string of the molecule is O=C(C1C=C(c2cn[nH]c2)SC1)N1CCCC2CC(O)(c3cccnn3)CC21. The molecule has 0 bridgehead atoms. The Morgan fingerprint density at radius 1 is 1.39 bits per heavy atom. The number of nitrogens with zero attached hydrogens (tertiary/aromatic N) is 4. The lowest BCUT2D eigenvalue weighted by molar-refractivity contribution is -0.138. The maximum absolute atomic E-state index is 13.3. The number of amides is 1. The molecule has 146 valence electrons. The van der Waals surface area contributed by atoms with Crippen molar-refractivity contribution in [2.75, 3.05) is 12.3 Å². The minimum atomic E-state index is -0.991. The number of likely N-dealkylation sites (tertiary alicyclic amines) is 1. The highest BCUT2D eigenvalue weighted by atomic mass is 32.2. The second-order valence-corrected chi connectivity index (χ2v) is 9.05. The van der Waals surface area contributed by atoms with E-state index in [2.05, 4.69) is 26.5 Å². The van der Waals surface area contributed by atoms with Crippen LogP contribution < -0.4 is 0 Å². The van der Waals surface area contributed by atoms with Crippen LogP contribution in [0.2, 0.25) is 0 Å². The Morgan fingerprint density at radius 3 is 3.11 bits per heavy atom. The number of nitrogens with one attached hydrogen (secondary N) is 1. The molecule has 0 radical (unpaired) electrons. The summed E-state index contributed by atoms with van der Waals surface area (Å²) in [4.78, 5) is 16.5. The standard InChI is InChI=1S/C20H23N5O2S/c26-19(14-7-17(28-12-14)15-10-22-23-11-15)25-6-2-3-13-8-20(27,9-16(13)25)18-4-1-5-21-24-18/h1,4-5,7,10-11,13-14,16,27H,2-3,6,8-9,12H2,(H,22,23). The van der Waals surface area contributed by atoms with Crippen molar-refractivity contribution in [2.24, 2.45) is 11.8 Å². The first-order valence-corrected chi connectivity index (χ1v) is 10.8. The monoisotopic (exact) mass is 397 g/mol. The lowest BCUT2D eigenvalue weighted by Gasteiger charge is -2.38. The Hall–Kier alpha value is -2.19. The quantitative estimate of drug-likeness (QED) is 0.824. The Morgan fingerprint density at radius 2 is 2.32 bits per heavy atom. The molecule has 2 fully saturated rings. The third-order valence-corrected chi connectivity index (χ3v) is 7.48. The van der Waals surface area contributed by atoms with E-state index in [-0.39, 0.29) is 17.9 Å². The van der Waals surface area contributed by atoms with Gasteiger partial charge in [-0.05, 0) is 37.3 Å². The number of fused-ring (bicyclic) bond motifs is 1. The largest absolute Gasteiger partial charge is 0.383 e. The van der Waals surface area contributed by atoms with Crippen LogP contribution in [0.3, 0.4) is 0 Å². The van der Waals surface area contributed by atoms with Gasteiger partial charge in [-0.2, -0.15) is 15.3 Å². The van der Waals surface area contributed by atoms with Gasteiger partial charge in [-0.25, -0.2) is 0 Å². The van der Waals surface area contributed by atoms with E-state index in [0.29, 0.717) is 24.5 Å². The van der Waals surface area contributed by atoms with Crippen LogP contribution in [0.4, 0.5) is 0 Å². The number of aromatic nitrogens is 4. The predicted molar refractivity (Wildman–Crippen MR) is 106 cm³/mol. The molecule has 0 aromatic carbocycles. The van der Waals surface area contributed by atoms with Crippen molar-refractivity contribution in [1.29, 1.82) is 0 Å². The van der Waals surface area contributed by atoms with E-state index in [9.17, 15) is 9.90 Å². The van der Waals surface area contributed by atoms with Gasteiger partial charge in [0.05, 0.1) is 17.8 Å². The smallest absolute Gasteiger partial charge is 0.230 e. The second kappa shape index (κ2) is 7.00. The van der Waals surface area contributed by atoms with Crippen molar-refractivity contribution >= 4 is 22.6 Å². The number of rotatable bonds is 3. The molecule has 2 N–H and O–H groups in total. The van der Waals surface area contributed by atoms with E-state index in [1.54, 1.807) is 24.2 Å². The van der Waals surface area contributed by atoms with E-state index in [4.69, 9.17) is 0 Å². The normalized spacial score (nSPS) is 32.2. The summed E-state index contributed by atoms with van der Waals surface area (Å²) >= 11 is 1.71. The molecule has 4 atom stereocenters. The van der Waals surface area contributed by atoms with Gasteiger partial charge in [0.2, 0.25) is 5.91 Å². The number of aromatic amines is 1. The third-order valence-electron chi connectivity index (χ3n) is 6.27. The van der Waals surface area contributed by atoms with Gasteiger partial charge in [0.15, 0.2) is 0 Å². The fourth-order valence-corrected chi connectivity index (χ4v) is 6.06. The third kappa shape index (κ3) is 3.04. The highest BCUT2D eigenvalue weighted by Gasteiger charge is 2.51. The van der Waals surface area contributed by atoms with Gasteiger partial charge in [0, 0.05) is 47.6 Å². The first kappa shape index (κ1) is 17.9. The summed E-state index contributed by atoms with van der Waals surface area (Å²) in [5.41, 5.74) is 0.666. The summed E-state index contributed by atoms with van der Waals surface area (Å²) in [5, 5.41) is 26.2. The number of H-pyrrole nitrogens is 1. The molecule has 1 aliphatic carbocycles. The van der Waals surface area contributed by atoms with Crippen LogP contribution in [0.1, 0.15) is 36.9 Å². The molecule has 0 spiro atoms. The average Bonchev–Trinajstić information content (AvgIpc) is 3.46. The molecular formula is C20H23N5O2S. The molecular weight excluding hydrogens is 374 g/mol. The van der Waals surface area contributed by atoms with Crippen LogP contribution in [0.15, 0.2) is 36.8 Å². The van der Waals surface area contributed by atoms with Gasteiger partial charge in [-0.3, -0.25) is 9.89 Å². The maximum atomic E-state index is 13.3. The Kier molecular flexibility index (Phi) is 4.47. The zero-order chi connectivity index (χ0) is 19.1. The van der Waals surface area contributed by atoms with Gasteiger partial charge in [-0.15, -0.1) is 11.8 Å². The topological polar surface area (TPSA) is 95.0 Å². The van der Waals surface area contributed by atoms with Crippen LogP contribution in [-0.2, 0) is 10.4 Å². The highest BCUT2D eigenvalue weighted by molar-refractivity contribution is 8.08. The van der Waals surface area contributed by atoms with Crippen LogP contribution >= 0.6 is 11.8 Å². The predicted octanol–water partition coefficient (Wildman–Crippen LogP) is 2.19. The van der Waals surface area contributed by atoms with Gasteiger partial charge in [0.1, 0.15) is 5.60 Å². The van der Waals surface area contributed by atoms with Crippen LogP contribution in [0, 0.1) is 11.8 Å². The van der Waals surface area contributed by atoms with Crippen LogP contribution in [0.25, 0.3) is 4.91 Å². The summed E-state index contributed by atoms with van der Waals surface area (Å²) in [5.74, 6) is 1.15. The molecule has 4 heterocycles. The van der Waals surface area contributed by atoms with E-state index in [1.165, 1.54) is 0 Å². The summed E-state index contributed by atoms with van der Waals surface area (Å²) < 4.78 is 0. The number of carbonyl (C=O) groups is 1. The van der Waals surface area contributed by atoms with E-state index in [0.717, 1.165) is 35.6 Å². The molecule has 1 amide bonds. The molecule has 2 aromatic rings. The first-order chi connectivity index (χ1) is 13.6. The molecule has 2 aliphatic heterocycles. The average molecular weight is 398 g/mol. The second-order valence-electron chi connectivity index (χ2n) is 7.99. The molecule has 1 saturated carbocycles. The van der Waals surface area contributed by atoms with Gasteiger partial charge in [-0.1, -0.05) is 6.08 Å². The summed E-state index contributed by atoms with van der Waals surface area (Å²) in [6.45, 7) is 0.770. The zero-order valence-corrected chi connectivity index (χ0v) is 16.3. The number of piperidine rings is 1. The zero-order valence-electron chi connectivity index (χ0n) is 15.5. The molecule has 4 unspecified atom stereocenters. The fourth-order valence-electron chi connectivity index (χ4n) is 4.93. The van der Waals surface area contributed by atoms with E-state index in [1.807, 2.05) is 23.2 Å². The van der Waals surface area contributed by atoms with Crippen molar-refractivity contribution in [3.63, 3.8) is 0 Å². The van der Waals surface area contributed by atoms with Gasteiger partial charge in [0.25, 0.3) is 0 Å². The number of aliphatic hydroxyl groups is 1. The van der Waals surface area contributed by atoms with Gasteiger partial charge >= 0.3 is 0 Å². The first-order valence-electron chi connectivity index (χ1n) is 9.79. The Bertz CT molecular complexity index is 887. The number of thioether (sulfide) groups is 1. The summed E-state index contributed by atoms with van der Waals surface area (Å²) in [7, 11) is 0. The Balaban J connectivity index is 1.35. The minimum absolute atomic E-state index is 0.0737. The molecule has 2 aromatic heterocycles. The molecule has 1 saturated heterocycles. The number of hydrogen-bond acceptors (Lipinski definition) is 6. The molecule has 5 rings (SSSR count). The highest BCUT2D eigenvalue weighted by Crippen LogP contribution is 2.48. The lowest BCUT2D eigenvalue weighted by Crippen LogP contribution is -2.48. The number of carbonyl (C=O) groups excluding carboxylic acids is 1. The van der Waals surface area contributed by atoms with Crippen molar-refractivity contribution in [3.8, 4) is 0 Å². The van der Waals surface area contributed by atoms with Crippen molar-refractivity contribution < 1.29 is 9.90 Å².